The topological polar surface area (TPSA) is 49.4 Å². The van der Waals surface area contributed by atoms with Crippen LogP contribution in [0.15, 0.2) is 24.3 Å². The highest BCUT2D eigenvalue weighted by Crippen LogP contribution is 2.34. The molecule has 1 aromatic heterocycles. The second-order valence-electron chi connectivity index (χ2n) is 8.02. The maximum Gasteiger partial charge on any atom is 0.263 e. The normalized spacial score (nSPS) is 17.6. The van der Waals surface area contributed by atoms with Crippen molar-refractivity contribution in [2.24, 2.45) is 5.92 Å². The molecule has 28 heavy (non-hydrogen) atoms. The number of rotatable bonds is 4. The molecule has 1 N–H and O–H groups in total. The van der Waals surface area contributed by atoms with Crippen molar-refractivity contribution in [3.05, 3.63) is 46.1 Å². The van der Waals surface area contributed by atoms with Crippen molar-refractivity contribution in [3.63, 3.8) is 0 Å². The third-order valence-corrected chi connectivity index (χ3v) is 6.78. The lowest BCUT2D eigenvalue weighted by Gasteiger charge is -2.29. The van der Waals surface area contributed by atoms with Crippen LogP contribution in [0.25, 0.3) is 10.4 Å². The van der Waals surface area contributed by atoms with Gasteiger partial charge < -0.3 is 10.2 Å². The first-order valence-corrected chi connectivity index (χ1v) is 10.7. The van der Waals surface area contributed by atoms with Crippen molar-refractivity contribution in [2.75, 3.05) is 13.1 Å². The van der Waals surface area contributed by atoms with Crippen LogP contribution in [0.4, 0.5) is 4.39 Å². The summed E-state index contributed by atoms with van der Waals surface area (Å²) in [6.07, 6.45) is 4.04. The Morgan fingerprint density at radius 1 is 1.14 bits per heavy atom. The molecule has 4 nitrogen and oxygen atoms in total. The van der Waals surface area contributed by atoms with E-state index in [1.54, 1.807) is 13.0 Å². The third-order valence-electron chi connectivity index (χ3n) is 5.67. The van der Waals surface area contributed by atoms with E-state index in [4.69, 9.17) is 0 Å². The Bertz CT molecular complexity index is 911. The Balaban J connectivity index is 1.58. The molecule has 4 rings (SSSR count). The van der Waals surface area contributed by atoms with Crippen molar-refractivity contribution in [2.45, 2.75) is 45.6 Å². The van der Waals surface area contributed by atoms with Crippen molar-refractivity contribution in [1.29, 1.82) is 0 Å². The van der Waals surface area contributed by atoms with E-state index < -0.39 is 5.82 Å². The minimum atomic E-state index is -0.398. The van der Waals surface area contributed by atoms with Crippen molar-refractivity contribution in [3.8, 4) is 10.4 Å². The molecule has 2 amide bonds. The fraction of sp³-hybridized carbons (Fsp3) is 0.455. The number of carbonyl (C=O) groups is 2. The summed E-state index contributed by atoms with van der Waals surface area (Å²) in [7, 11) is 0. The first kappa shape index (κ1) is 19.1. The number of thiophene rings is 1. The van der Waals surface area contributed by atoms with Gasteiger partial charge in [-0.1, -0.05) is 6.92 Å². The summed E-state index contributed by atoms with van der Waals surface area (Å²) in [5.41, 5.74) is 1.50. The molecule has 1 saturated carbocycles. The van der Waals surface area contributed by atoms with E-state index in [2.05, 4.69) is 12.2 Å². The zero-order chi connectivity index (χ0) is 19.8. The number of nitrogens with zero attached hydrogens (tertiary/aromatic N) is 1. The number of likely N-dealkylation sites (tertiary alicyclic amines) is 1. The van der Waals surface area contributed by atoms with Gasteiger partial charge in [0.1, 0.15) is 5.82 Å². The molecule has 2 aliphatic rings. The average Bonchev–Trinajstić information content (AvgIpc) is 3.36. The summed E-state index contributed by atoms with van der Waals surface area (Å²) in [4.78, 5) is 28.5. The van der Waals surface area contributed by atoms with Crippen LogP contribution in [0.5, 0.6) is 0 Å². The molecular formula is C22H25FN2O2S. The second-order valence-corrected chi connectivity index (χ2v) is 9.10. The van der Waals surface area contributed by atoms with E-state index >= 15 is 0 Å². The summed E-state index contributed by atoms with van der Waals surface area (Å²) < 4.78 is 14.5. The maximum atomic E-state index is 14.5. The quantitative estimate of drug-likeness (QED) is 0.814. The fourth-order valence-electron chi connectivity index (χ4n) is 3.53. The summed E-state index contributed by atoms with van der Waals surface area (Å²) >= 11 is 1.37. The fourth-order valence-corrected chi connectivity index (χ4v) is 4.57. The number of halogens is 1. The monoisotopic (exact) mass is 400 g/mol. The predicted molar refractivity (Wildman–Crippen MR) is 109 cm³/mol. The van der Waals surface area contributed by atoms with Gasteiger partial charge in [0.25, 0.3) is 11.8 Å². The minimum Gasteiger partial charge on any atom is -0.349 e. The van der Waals surface area contributed by atoms with Crippen LogP contribution in [-0.4, -0.2) is 35.8 Å². The molecule has 0 unspecified atom stereocenters. The first-order chi connectivity index (χ1) is 13.4. The lowest BCUT2D eigenvalue weighted by molar-refractivity contribution is 0.0702. The van der Waals surface area contributed by atoms with Gasteiger partial charge in [-0.2, -0.15) is 0 Å². The summed E-state index contributed by atoms with van der Waals surface area (Å²) in [6, 6.07) is 6.92. The van der Waals surface area contributed by atoms with Gasteiger partial charge in [0.2, 0.25) is 0 Å². The molecule has 6 heteroatoms. The summed E-state index contributed by atoms with van der Waals surface area (Å²) in [5.74, 6) is 0.0738. The minimum absolute atomic E-state index is 0.0453. The van der Waals surface area contributed by atoms with E-state index in [1.165, 1.54) is 17.4 Å². The van der Waals surface area contributed by atoms with Crippen molar-refractivity contribution in [1.82, 2.24) is 10.2 Å². The van der Waals surface area contributed by atoms with Crippen LogP contribution >= 0.6 is 11.3 Å². The zero-order valence-electron chi connectivity index (χ0n) is 16.3. The Kier molecular flexibility index (Phi) is 5.23. The number of hydrogen-bond acceptors (Lipinski definition) is 3. The smallest absolute Gasteiger partial charge is 0.263 e. The number of amides is 2. The van der Waals surface area contributed by atoms with Gasteiger partial charge in [-0.3, -0.25) is 9.59 Å². The van der Waals surface area contributed by atoms with Crippen LogP contribution in [0, 0.1) is 18.7 Å². The third kappa shape index (κ3) is 3.97. The molecular weight excluding hydrogens is 375 g/mol. The van der Waals surface area contributed by atoms with E-state index in [0.717, 1.165) is 43.6 Å². The SMILES string of the molecule is Cc1c(F)cc(C(=O)NC2CC2)cc1-c1ccc(C(=O)N2CCC(C)CC2)s1. The average molecular weight is 401 g/mol. The van der Waals surface area contributed by atoms with Gasteiger partial charge in [-0.25, -0.2) is 4.39 Å². The molecule has 1 aliphatic carbocycles. The van der Waals surface area contributed by atoms with Crippen molar-refractivity contribution < 1.29 is 14.0 Å². The number of hydrogen-bond donors (Lipinski definition) is 1. The molecule has 1 aromatic carbocycles. The molecule has 0 radical (unpaired) electrons. The summed E-state index contributed by atoms with van der Waals surface area (Å²) in [5, 5.41) is 2.90. The van der Waals surface area contributed by atoms with Crippen LogP contribution in [-0.2, 0) is 0 Å². The number of carbonyl (C=O) groups excluding carboxylic acids is 2. The standard InChI is InChI=1S/C22H25FN2O2S/c1-13-7-9-25(10-8-13)22(27)20-6-5-19(28-20)17-11-15(12-18(23)14(17)2)21(26)24-16-3-4-16/h5-6,11-13,16H,3-4,7-10H2,1-2H3,(H,24,26). The van der Waals surface area contributed by atoms with Gasteiger partial charge >= 0.3 is 0 Å². The number of piperidine rings is 1. The van der Waals surface area contributed by atoms with E-state index in [1.807, 2.05) is 17.0 Å². The maximum absolute atomic E-state index is 14.5. The van der Waals surface area contributed by atoms with Gasteiger partial charge in [0.05, 0.1) is 4.88 Å². The Labute approximate surface area is 168 Å². The van der Waals surface area contributed by atoms with Crippen LogP contribution in [0.3, 0.4) is 0 Å². The highest BCUT2D eigenvalue weighted by Gasteiger charge is 2.26. The van der Waals surface area contributed by atoms with Crippen LogP contribution < -0.4 is 5.32 Å². The molecule has 2 fully saturated rings. The number of nitrogens with one attached hydrogen (secondary N) is 1. The highest BCUT2D eigenvalue weighted by molar-refractivity contribution is 7.17. The lowest BCUT2D eigenvalue weighted by atomic mass is 9.99. The van der Waals surface area contributed by atoms with Gasteiger partial charge in [0, 0.05) is 29.6 Å². The Hall–Kier alpha value is -2.21. The summed E-state index contributed by atoms with van der Waals surface area (Å²) in [6.45, 7) is 5.50. The van der Waals surface area contributed by atoms with Crippen molar-refractivity contribution >= 4 is 23.2 Å². The largest absolute Gasteiger partial charge is 0.349 e. The van der Waals surface area contributed by atoms with Gasteiger partial charge in [-0.05, 0) is 73.9 Å². The molecule has 1 aliphatic heterocycles. The van der Waals surface area contributed by atoms with Gasteiger partial charge in [0.15, 0.2) is 0 Å². The molecule has 2 aromatic rings. The molecule has 0 bridgehead atoms. The second kappa shape index (κ2) is 7.66. The van der Waals surface area contributed by atoms with Crippen LogP contribution in [0.1, 0.15) is 58.2 Å². The Morgan fingerprint density at radius 2 is 1.86 bits per heavy atom. The van der Waals surface area contributed by atoms with Crippen LogP contribution in [0.2, 0.25) is 0 Å². The van der Waals surface area contributed by atoms with E-state index in [0.29, 0.717) is 27.5 Å². The molecule has 0 spiro atoms. The predicted octanol–water partition coefficient (Wildman–Crippen LogP) is 4.63. The molecule has 0 atom stereocenters. The molecule has 1 saturated heterocycles. The lowest BCUT2D eigenvalue weighted by Crippen LogP contribution is -2.37. The molecule has 148 valence electrons. The zero-order valence-corrected chi connectivity index (χ0v) is 17.1. The van der Waals surface area contributed by atoms with E-state index in [-0.39, 0.29) is 17.9 Å². The number of benzene rings is 1. The molecule has 2 heterocycles. The Morgan fingerprint density at radius 3 is 2.54 bits per heavy atom. The van der Waals surface area contributed by atoms with Gasteiger partial charge in [-0.15, -0.1) is 11.3 Å². The first-order valence-electron chi connectivity index (χ1n) is 9.93. The van der Waals surface area contributed by atoms with E-state index in [9.17, 15) is 14.0 Å². The highest BCUT2D eigenvalue weighted by atomic mass is 32.1.